The molecule has 0 spiro atoms. The highest BCUT2D eigenvalue weighted by atomic mass is 32.2. The summed E-state index contributed by atoms with van der Waals surface area (Å²) >= 11 is 1.41. The van der Waals surface area contributed by atoms with Crippen LogP contribution in [0.5, 0.6) is 0 Å². The second-order valence-electron chi connectivity index (χ2n) is 6.73. The topological polar surface area (TPSA) is 63.1 Å². The molecule has 0 aliphatic carbocycles. The summed E-state index contributed by atoms with van der Waals surface area (Å²) in [5.41, 5.74) is 3.39. The quantitative estimate of drug-likeness (QED) is 0.594. The molecule has 0 unspecified atom stereocenters. The predicted octanol–water partition coefficient (Wildman–Crippen LogP) is 3.11. The number of hydrogen-bond donors (Lipinski definition) is 1. The van der Waals surface area contributed by atoms with Crippen molar-refractivity contribution >= 4 is 23.4 Å². The van der Waals surface area contributed by atoms with Crippen molar-refractivity contribution in [2.24, 2.45) is 0 Å². The average Bonchev–Trinajstić information content (AvgIpc) is 3.05. The van der Waals surface area contributed by atoms with E-state index in [0.29, 0.717) is 18.8 Å². The Morgan fingerprint density at radius 3 is 2.43 bits per heavy atom. The zero-order valence-corrected chi connectivity index (χ0v) is 17.2. The number of aromatic nitrogens is 3. The minimum Gasteiger partial charge on any atom is -0.378 e. The Hall–Kier alpha value is -2.80. The lowest BCUT2D eigenvalue weighted by Crippen LogP contribution is -2.24. The Morgan fingerprint density at radius 2 is 1.75 bits per heavy atom. The molecule has 7 heteroatoms. The second-order valence-corrected chi connectivity index (χ2v) is 7.67. The van der Waals surface area contributed by atoms with Crippen molar-refractivity contribution in [3.05, 3.63) is 71.5 Å². The Bertz CT molecular complexity index is 906. The number of rotatable bonds is 8. The van der Waals surface area contributed by atoms with Crippen molar-refractivity contribution in [2.45, 2.75) is 25.2 Å². The molecule has 6 nitrogen and oxygen atoms in total. The van der Waals surface area contributed by atoms with Crippen molar-refractivity contribution in [3.8, 4) is 0 Å². The third kappa shape index (κ3) is 5.36. The van der Waals surface area contributed by atoms with E-state index in [-0.39, 0.29) is 5.91 Å². The molecule has 3 aromatic rings. The highest BCUT2D eigenvalue weighted by Crippen LogP contribution is 2.18. The van der Waals surface area contributed by atoms with E-state index in [4.69, 9.17) is 0 Å². The zero-order valence-electron chi connectivity index (χ0n) is 16.4. The lowest BCUT2D eigenvalue weighted by Gasteiger charge is -2.13. The number of thioether (sulfide) groups is 1. The van der Waals surface area contributed by atoms with Crippen LogP contribution in [0.4, 0.5) is 5.69 Å². The van der Waals surface area contributed by atoms with Gasteiger partial charge in [-0.1, -0.05) is 54.2 Å². The molecule has 1 N–H and O–H groups in total. The fraction of sp³-hybridized carbons (Fsp3) is 0.286. The number of anilines is 1. The molecule has 146 valence electrons. The molecule has 0 saturated carbocycles. The lowest BCUT2D eigenvalue weighted by molar-refractivity contribution is -0.118. The van der Waals surface area contributed by atoms with Crippen molar-refractivity contribution < 1.29 is 4.79 Å². The van der Waals surface area contributed by atoms with E-state index < -0.39 is 0 Å². The summed E-state index contributed by atoms with van der Waals surface area (Å²) < 4.78 is 2.03. The molecule has 0 aliphatic rings. The monoisotopic (exact) mass is 395 g/mol. The molecule has 0 radical (unpaired) electrons. The first-order chi connectivity index (χ1) is 13.5. The maximum absolute atomic E-state index is 12.2. The number of nitrogens with one attached hydrogen (secondary N) is 1. The molecule has 1 aromatic heterocycles. The summed E-state index contributed by atoms with van der Waals surface area (Å²) in [7, 11) is 4.01. The second kappa shape index (κ2) is 9.41. The van der Waals surface area contributed by atoms with E-state index in [1.54, 1.807) is 0 Å². The molecule has 0 fully saturated rings. The molecule has 1 heterocycles. The van der Waals surface area contributed by atoms with Crippen LogP contribution >= 0.6 is 11.8 Å². The number of amides is 1. The van der Waals surface area contributed by atoms with Gasteiger partial charge in [-0.2, -0.15) is 0 Å². The number of carbonyl (C=O) groups excluding carboxylic acids is 1. The Kier molecular flexibility index (Phi) is 6.71. The van der Waals surface area contributed by atoms with Gasteiger partial charge in [-0.05, 0) is 30.2 Å². The Labute approximate surface area is 170 Å². The first kappa shape index (κ1) is 19.9. The maximum atomic E-state index is 12.2. The van der Waals surface area contributed by atoms with Crippen LogP contribution in [0.25, 0.3) is 0 Å². The fourth-order valence-corrected chi connectivity index (χ4v) is 3.52. The van der Waals surface area contributed by atoms with Crippen molar-refractivity contribution in [1.82, 2.24) is 20.1 Å². The summed E-state index contributed by atoms with van der Waals surface area (Å²) in [6, 6.07) is 18.3. The summed E-state index contributed by atoms with van der Waals surface area (Å²) in [5.74, 6) is 1.13. The summed E-state index contributed by atoms with van der Waals surface area (Å²) in [6.07, 6.45) is 0. The fourth-order valence-electron chi connectivity index (χ4n) is 2.71. The minimum absolute atomic E-state index is 0.0198. The number of hydrogen-bond acceptors (Lipinski definition) is 5. The Balaban J connectivity index is 1.52. The normalized spacial score (nSPS) is 10.7. The SMILES string of the molecule is Cc1nnc(SCC(=O)NCc2ccc(N(C)C)cc2)n1Cc1ccccc1. The van der Waals surface area contributed by atoms with Crippen molar-refractivity contribution in [2.75, 3.05) is 24.7 Å². The predicted molar refractivity (Wildman–Crippen MR) is 114 cm³/mol. The van der Waals surface area contributed by atoms with Gasteiger partial charge in [-0.3, -0.25) is 4.79 Å². The van der Waals surface area contributed by atoms with Crippen LogP contribution in [-0.2, 0) is 17.9 Å². The van der Waals surface area contributed by atoms with Crippen LogP contribution < -0.4 is 10.2 Å². The van der Waals surface area contributed by atoms with Gasteiger partial charge < -0.3 is 14.8 Å². The molecule has 0 bridgehead atoms. The van der Waals surface area contributed by atoms with Crippen molar-refractivity contribution in [3.63, 3.8) is 0 Å². The van der Waals surface area contributed by atoms with Gasteiger partial charge in [0, 0.05) is 26.3 Å². The van der Waals surface area contributed by atoms with Crippen LogP contribution in [0.1, 0.15) is 17.0 Å². The molecule has 28 heavy (non-hydrogen) atoms. The van der Waals surface area contributed by atoms with Gasteiger partial charge in [0.2, 0.25) is 5.91 Å². The Morgan fingerprint density at radius 1 is 1.04 bits per heavy atom. The smallest absolute Gasteiger partial charge is 0.230 e. The first-order valence-electron chi connectivity index (χ1n) is 9.12. The van der Waals surface area contributed by atoms with Crippen LogP contribution in [0.2, 0.25) is 0 Å². The van der Waals surface area contributed by atoms with E-state index in [2.05, 4.69) is 27.6 Å². The average molecular weight is 396 g/mol. The molecule has 0 saturated heterocycles. The highest BCUT2D eigenvalue weighted by molar-refractivity contribution is 7.99. The van der Waals surface area contributed by atoms with Gasteiger partial charge in [-0.25, -0.2) is 0 Å². The third-order valence-electron chi connectivity index (χ3n) is 4.36. The van der Waals surface area contributed by atoms with Crippen LogP contribution in [0.3, 0.4) is 0 Å². The number of aryl methyl sites for hydroxylation is 1. The summed E-state index contributed by atoms with van der Waals surface area (Å²) in [6.45, 7) is 3.14. The first-order valence-corrected chi connectivity index (χ1v) is 10.1. The highest BCUT2D eigenvalue weighted by Gasteiger charge is 2.12. The van der Waals surface area contributed by atoms with Gasteiger partial charge in [0.1, 0.15) is 5.82 Å². The number of carbonyl (C=O) groups is 1. The molecule has 0 atom stereocenters. The van der Waals surface area contributed by atoms with E-state index in [9.17, 15) is 4.79 Å². The molecule has 2 aromatic carbocycles. The van der Waals surface area contributed by atoms with Crippen LogP contribution in [-0.4, -0.2) is 40.5 Å². The molecule has 3 rings (SSSR count). The van der Waals surface area contributed by atoms with Crippen molar-refractivity contribution in [1.29, 1.82) is 0 Å². The van der Waals surface area contributed by atoms with Gasteiger partial charge in [0.15, 0.2) is 5.16 Å². The van der Waals surface area contributed by atoms with Crippen LogP contribution in [0.15, 0.2) is 59.8 Å². The van der Waals surface area contributed by atoms with E-state index in [1.807, 2.05) is 73.0 Å². The number of nitrogens with zero attached hydrogens (tertiary/aromatic N) is 4. The standard InChI is InChI=1S/C21H25N5OS/c1-16-23-24-21(26(16)14-18-7-5-4-6-8-18)28-15-20(27)22-13-17-9-11-19(12-10-17)25(2)3/h4-12H,13-15H2,1-3H3,(H,22,27). The number of benzene rings is 2. The lowest BCUT2D eigenvalue weighted by atomic mass is 10.2. The molecule has 0 aliphatic heterocycles. The van der Waals surface area contributed by atoms with E-state index >= 15 is 0 Å². The van der Waals surface area contributed by atoms with E-state index in [1.165, 1.54) is 17.3 Å². The molecular weight excluding hydrogens is 370 g/mol. The van der Waals surface area contributed by atoms with Gasteiger partial charge in [-0.15, -0.1) is 10.2 Å². The largest absolute Gasteiger partial charge is 0.378 e. The van der Waals surface area contributed by atoms with E-state index in [0.717, 1.165) is 22.2 Å². The van der Waals surface area contributed by atoms with Gasteiger partial charge in [0.25, 0.3) is 0 Å². The van der Waals surface area contributed by atoms with Crippen LogP contribution in [0, 0.1) is 6.92 Å². The summed E-state index contributed by atoms with van der Waals surface area (Å²) in [4.78, 5) is 14.3. The maximum Gasteiger partial charge on any atom is 0.230 e. The summed E-state index contributed by atoms with van der Waals surface area (Å²) in [5, 5.41) is 12.1. The zero-order chi connectivity index (χ0) is 19.9. The minimum atomic E-state index is -0.0198. The van der Waals surface area contributed by atoms with Gasteiger partial charge in [0.05, 0.1) is 12.3 Å². The van der Waals surface area contributed by atoms with Gasteiger partial charge >= 0.3 is 0 Å². The molecular formula is C21H25N5OS. The third-order valence-corrected chi connectivity index (χ3v) is 5.33. The molecule has 1 amide bonds.